The van der Waals surface area contributed by atoms with E-state index < -0.39 is 0 Å². The van der Waals surface area contributed by atoms with Crippen molar-refractivity contribution in [3.05, 3.63) is 36.3 Å². The molecule has 1 aromatic carbocycles. The molecule has 0 aliphatic rings. The van der Waals surface area contributed by atoms with Crippen LogP contribution in [0, 0.1) is 0 Å². The summed E-state index contributed by atoms with van der Waals surface area (Å²) in [6.07, 6.45) is 1.71. The van der Waals surface area contributed by atoms with Gasteiger partial charge >= 0.3 is 0 Å². The van der Waals surface area contributed by atoms with Gasteiger partial charge in [0.05, 0.1) is 28.7 Å². The molecule has 3 rings (SSSR count). The first-order chi connectivity index (χ1) is 8.78. The Morgan fingerprint density at radius 1 is 1.33 bits per heavy atom. The monoisotopic (exact) mass is 241 g/mol. The molecule has 0 amide bonds. The molecule has 92 valence electrons. The predicted octanol–water partition coefficient (Wildman–Crippen LogP) is 1.68. The number of hydrogen-bond donors (Lipinski definition) is 2. The van der Waals surface area contributed by atoms with E-state index in [1.807, 2.05) is 24.8 Å². The fraction of sp³-hybridized carbons (Fsp3) is 0.231. The molecule has 0 atom stereocenters. The van der Waals surface area contributed by atoms with Crippen molar-refractivity contribution in [2.24, 2.45) is 7.05 Å². The van der Waals surface area contributed by atoms with Gasteiger partial charge in [0.25, 0.3) is 0 Å². The van der Waals surface area contributed by atoms with Crippen LogP contribution in [0.2, 0.25) is 0 Å². The molecular formula is C13H15N5. The van der Waals surface area contributed by atoms with Gasteiger partial charge in [-0.05, 0) is 25.2 Å². The van der Waals surface area contributed by atoms with Crippen LogP contribution in [0.4, 0.5) is 0 Å². The maximum atomic E-state index is 4.47. The van der Waals surface area contributed by atoms with Crippen LogP contribution in [-0.4, -0.2) is 26.8 Å². The van der Waals surface area contributed by atoms with Crippen molar-refractivity contribution < 1.29 is 0 Å². The first-order valence-electron chi connectivity index (χ1n) is 5.89. The van der Waals surface area contributed by atoms with Gasteiger partial charge in [-0.1, -0.05) is 6.07 Å². The molecule has 0 aliphatic heterocycles. The average Bonchev–Trinajstić information content (AvgIpc) is 2.95. The zero-order chi connectivity index (χ0) is 12.5. The van der Waals surface area contributed by atoms with Crippen molar-refractivity contribution in [2.45, 2.75) is 6.54 Å². The Balaban J connectivity index is 2.07. The topological polar surface area (TPSA) is 58.5 Å². The molecule has 0 bridgehead atoms. The van der Waals surface area contributed by atoms with Gasteiger partial charge in [-0.15, -0.1) is 0 Å². The highest BCUT2D eigenvalue weighted by Gasteiger charge is 2.08. The van der Waals surface area contributed by atoms with Crippen LogP contribution in [0.15, 0.2) is 30.6 Å². The average molecular weight is 241 g/mol. The lowest BCUT2D eigenvalue weighted by molar-refractivity contribution is 0.716. The number of rotatable bonds is 3. The first kappa shape index (κ1) is 11.0. The van der Waals surface area contributed by atoms with E-state index >= 15 is 0 Å². The number of nitrogens with zero attached hydrogens (tertiary/aromatic N) is 3. The number of aromatic nitrogens is 4. The SMILES string of the molecule is CNCc1cc(-c2ccc3nc[nH]c3c2)n(C)n1. The van der Waals surface area contributed by atoms with Gasteiger partial charge in [0.2, 0.25) is 0 Å². The minimum Gasteiger partial charge on any atom is -0.345 e. The Hall–Kier alpha value is -2.14. The van der Waals surface area contributed by atoms with Crippen molar-refractivity contribution in [1.29, 1.82) is 0 Å². The van der Waals surface area contributed by atoms with E-state index in [2.05, 4.69) is 38.6 Å². The molecular weight excluding hydrogens is 226 g/mol. The Labute approximate surface area is 105 Å². The largest absolute Gasteiger partial charge is 0.345 e. The number of benzene rings is 1. The number of nitrogens with one attached hydrogen (secondary N) is 2. The van der Waals surface area contributed by atoms with E-state index in [-0.39, 0.29) is 0 Å². The van der Waals surface area contributed by atoms with Crippen LogP contribution in [0.25, 0.3) is 22.3 Å². The second kappa shape index (κ2) is 4.27. The van der Waals surface area contributed by atoms with Gasteiger partial charge in [-0.2, -0.15) is 5.10 Å². The quantitative estimate of drug-likeness (QED) is 0.733. The number of aryl methyl sites for hydroxylation is 1. The Bertz CT molecular complexity index is 680. The fourth-order valence-corrected chi connectivity index (χ4v) is 2.16. The number of aromatic amines is 1. The minimum absolute atomic E-state index is 0.778. The Kier molecular flexibility index (Phi) is 2.60. The van der Waals surface area contributed by atoms with Gasteiger partial charge < -0.3 is 10.3 Å². The molecule has 0 radical (unpaired) electrons. The molecule has 5 nitrogen and oxygen atoms in total. The van der Waals surface area contributed by atoms with Gasteiger partial charge in [0.15, 0.2) is 0 Å². The molecule has 2 aromatic heterocycles. The van der Waals surface area contributed by atoms with Crippen LogP contribution >= 0.6 is 0 Å². The highest BCUT2D eigenvalue weighted by Crippen LogP contribution is 2.23. The van der Waals surface area contributed by atoms with Crippen LogP contribution in [0.3, 0.4) is 0 Å². The number of hydrogen-bond acceptors (Lipinski definition) is 3. The molecule has 0 spiro atoms. The molecule has 2 heterocycles. The van der Waals surface area contributed by atoms with Crippen LogP contribution in [-0.2, 0) is 13.6 Å². The number of imidazole rings is 1. The summed E-state index contributed by atoms with van der Waals surface area (Å²) in [5, 5.41) is 7.58. The molecule has 18 heavy (non-hydrogen) atoms. The zero-order valence-corrected chi connectivity index (χ0v) is 10.4. The maximum absolute atomic E-state index is 4.47. The van der Waals surface area contributed by atoms with Gasteiger partial charge in [0, 0.05) is 19.2 Å². The van der Waals surface area contributed by atoms with Crippen LogP contribution in [0.1, 0.15) is 5.69 Å². The highest BCUT2D eigenvalue weighted by molar-refractivity contribution is 5.80. The van der Waals surface area contributed by atoms with E-state index in [0.717, 1.165) is 34.5 Å². The van der Waals surface area contributed by atoms with Crippen LogP contribution < -0.4 is 5.32 Å². The summed E-state index contributed by atoms with van der Waals surface area (Å²) in [5.41, 5.74) is 5.32. The van der Waals surface area contributed by atoms with Crippen LogP contribution in [0.5, 0.6) is 0 Å². The fourth-order valence-electron chi connectivity index (χ4n) is 2.16. The molecule has 5 heteroatoms. The highest BCUT2D eigenvalue weighted by atomic mass is 15.3. The molecule has 3 aromatic rings. The third kappa shape index (κ3) is 1.78. The predicted molar refractivity (Wildman–Crippen MR) is 71.1 cm³/mol. The summed E-state index contributed by atoms with van der Waals surface area (Å²) in [7, 11) is 3.89. The Morgan fingerprint density at radius 2 is 2.22 bits per heavy atom. The van der Waals surface area contributed by atoms with Crippen molar-refractivity contribution >= 4 is 11.0 Å². The lowest BCUT2D eigenvalue weighted by atomic mass is 10.1. The maximum Gasteiger partial charge on any atom is 0.0931 e. The zero-order valence-electron chi connectivity index (χ0n) is 10.4. The minimum atomic E-state index is 0.778. The lowest BCUT2D eigenvalue weighted by Gasteiger charge is -2.01. The summed E-state index contributed by atoms with van der Waals surface area (Å²) in [5.74, 6) is 0. The molecule has 0 aliphatic carbocycles. The summed E-state index contributed by atoms with van der Waals surface area (Å²) in [6, 6.07) is 8.30. The Morgan fingerprint density at radius 3 is 3.06 bits per heavy atom. The van der Waals surface area contributed by atoms with Crippen molar-refractivity contribution in [3.8, 4) is 11.3 Å². The first-order valence-corrected chi connectivity index (χ1v) is 5.89. The molecule has 0 unspecified atom stereocenters. The standard InChI is InChI=1S/C13H15N5/c1-14-7-10-6-13(18(2)17-10)9-3-4-11-12(5-9)16-8-15-11/h3-6,8,14H,7H2,1-2H3,(H,15,16). The van der Waals surface area contributed by atoms with E-state index in [0.29, 0.717) is 0 Å². The van der Waals surface area contributed by atoms with Crippen molar-refractivity contribution in [1.82, 2.24) is 25.1 Å². The molecule has 0 saturated carbocycles. The summed E-state index contributed by atoms with van der Waals surface area (Å²) in [6.45, 7) is 0.778. The number of H-pyrrole nitrogens is 1. The second-order valence-corrected chi connectivity index (χ2v) is 4.31. The lowest BCUT2D eigenvalue weighted by Crippen LogP contribution is -2.05. The van der Waals surface area contributed by atoms with E-state index in [1.165, 1.54) is 0 Å². The molecule has 2 N–H and O–H groups in total. The van der Waals surface area contributed by atoms with E-state index in [1.54, 1.807) is 6.33 Å². The van der Waals surface area contributed by atoms with E-state index in [9.17, 15) is 0 Å². The third-order valence-electron chi connectivity index (χ3n) is 3.00. The van der Waals surface area contributed by atoms with Gasteiger partial charge in [-0.3, -0.25) is 4.68 Å². The second-order valence-electron chi connectivity index (χ2n) is 4.31. The number of fused-ring (bicyclic) bond motifs is 1. The third-order valence-corrected chi connectivity index (χ3v) is 3.00. The van der Waals surface area contributed by atoms with Crippen molar-refractivity contribution in [3.63, 3.8) is 0 Å². The summed E-state index contributed by atoms with van der Waals surface area (Å²) in [4.78, 5) is 7.35. The molecule has 0 fully saturated rings. The van der Waals surface area contributed by atoms with Gasteiger partial charge in [0.1, 0.15) is 0 Å². The van der Waals surface area contributed by atoms with Gasteiger partial charge in [-0.25, -0.2) is 4.98 Å². The normalized spacial score (nSPS) is 11.2. The van der Waals surface area contributed by atoms with E-state index in [4.69, 9.17) is 0 Å². The van der Waals surface area contributed by atoms with Crippen molar-refractivity contribution in [2.75, 3.05) is 7.05 Å². The summed E-state index contributed by atoms with van der Waals surface area (Å²) >= 11 is 0. The molecule has 0 saturated heterocycles. The smallest absolute Gasteiger partial charge is 0.0931 e. The summed E-state index contributed by atoms with van der Waals surface area (Å²) < 4.78 is 1.91.